The SMILES string of the molecule is CC(C)[C@H](O)C1CCN(C(=O)c2cn(Cc3ccccc3Cl)nn2)CC1. The molecule has 0 saturated carbocycles. The summed E-state index contributed by atoms with van der Waals surface area (Å²) in [6.07, 6.45) is 3.00. The molecule has 3 rings (SSSR count). The lowest BCUT2D eigenvalue weighted by molar-refractivity contribution is 0.0260. The highest BCUT2D eigenvalue weighted by Crippen LogP contribution is 2.25. The average Bonchev–Trinajstić information content (AvgIpc) is 3.11. The van der Waals surface area contributed by atoms with Crippen molar-refractivity contribution in [1.29, 1.82) is 0 Å². The molecule has 6 nitrogen and oxygen atoms in total. The van der Waals surface area contributed by atoms with Gasteiger partial charge in [-0.05, 0) is 36.3 Å². The molecule has 0 aliphatic carbocycles. The lowest BCUT2D eigenvalue weighted by Crippen LogP contribution is -2.42. The summed E-state index contributed by atoms with van der Waals surface area (Å²) in [6.45, 7) is 5.82. The number of hydrogen-bond acceptors (Lipinski definition) is 4. The molecule has 2 aromatic rings. The van der Waals surface area contributed by atoms with Crippen LogP contribution in [0.3, 0.4) is 0 Å². The number of carbonyl (C=O) groups excluding carboxylic acids is 1. The minimum atomic E-state index is -0.302. The number of nitrogens with zero attached hydrogens (tertiary/aromatic N) is 4. The first-order chi connectivity index (χ1) is 12.5. The molecular weight excluding hydrogens is 352 g/mol. The molecule has 2 heterocycles. The maximum atomic E-state index is 12.7. The van der Waals surface area contributed by atoms with E-state index in [1.807, 2.05) is 38.1 Å². The minimum Gasteiger partial charge on any atom is -0.393 e. The van der Waals surface area contributed by atoms with Gasteiger partial charge in [0.1, 0.15) is 0 Å². The van der Waals surface area contributed by atoms with Crippen LogP contribution in [0.1, 0.15) is 42.7 Å². The van der Waals surface area contributed by atoms with Crippen molar-refractivity contribution in [3.05, 3.63) is 46.7 Å². The maximum Gasteiger partial charge on any atom is 0.276 e. The van der Waals surface area contributed by atoms with E-state index < -0.39 is 0 Å². The number of likely N-dealkylation sites (tertiary alicyclic amines) is 1. The van der Waals surface area contributed by atoms with E-state index in [1.54, 1.807) is 15.8 Å². The van der Waals surface area contributed by atoms with Crippen molar-refractivity contribution < 1.29 is 9.90 Å². The van der Waals surface area contributed by atoms with Gasteiger partial charge in [0.05, 0.1) is 18.8 Å². The molecular formula is C19H25ClN4O2. The van der Waals surface area contributed by atoms with Gasteiger partial charge >= 0.3 is 0 Å². The van der Waals surface area contributed by atoms with Gasteiger partial charge in [0.25, 0.3) is 5.91 Å². The summed E-state index contributed by atoms with van der Waals surface area (Å²) in [5.74, 6) is 0.398. The maximum absolute atomic E-state index is 12.7. The molecule has 1 amide bonds. The van der Waals surface area contributed by atoms with Crippen LogP contribution >= 0.6 is 11.6 Å². The molecule has 0 bridgehead atoms. The number of benzene rings is 1. The van der Waals surface area contributed by atoms with Crippen LogP contribution in [-0.2, 0) is 6.54 Å². The van der Waals surface area contributed by atoms with Crippen molar-refractivity contribution >= 4 is 17.5 Å². The third kappa shape index (κ3) is 4.24. The molecule has 1 saturated heterocycles. The Balaban J connectivity index is 1.60. The number of amides is 1. The summed E-state index contributed by atoms with van der Waals surface area (Å²) in [7, 11) is 0. The molecule has 1 aromatic heterocycles. The van der Waals surface area contributed by atoms with Crippen molar-refractivity contribution in [2.75, 3.05) is 13.1 Å². The topological polar surface area (TPSA) is 71.2 Å². The van der Waals surface area contributed by atoms with E-state index in [1.165, 1.54) is 0 Å². The molecule has 1 aliphatic heterocycles. The monoisotopic (exact) mass is 376 g/mol. The summed E-state index contributed by atoms with van der Waals surface area (Å²) in [4.78, 5) is 14.5. The molecule has 7 heteroatoms. The molecule has 1 aliphatic rings. The Bertz CT molecular complexity index is 754. The molecule has 1 fully saturated rings. The quantitative estimate of drug-likeness (QED) is 0.871. The first-order valence-corrected chi connectivity index (χ1v) is 9.44. The van der Waals surface area contributed by atoms with Gasteiger partial charge in [-0.3, -0.25) is 4.79 Å². The van der Waals surface area contributed by atoms with Gasteiger partial charge in [0.15, 0.2) is 5.69 Å². The largest absolute Gasteiger partial charge is 0.393 e. The van der Waals surface area contributed by atoms with E-state index in [-0.39, 0.29) is 23.8 Å². The molecule has 0 spiro atoms. The molecule has 140 valence electrons. The lowest BCUT2D eigenvalue weighted by atomic mass is 9.85. The fourth-order valence-electron chi connectivity index (χ4n) is 3.43. The third-order valence-corrected chi connectivity index (χ3v) is 5.41. The van der Waals surface area contributed by atoms with Crippen molar-refractivity contribution in [2.24, 2.45) is 11.8 Å². The molecule has 26 heavy (non-hydrogen) atoms. The van der Waals surface area contributed by atoms with Crippen LogP contribution in [0.25, 0.3) is 0 Å². The molecule has 1 N–H and O–H groups in total. The van der Waals surface area contributed by atoms with E-state index >= 15 is 0 Å². The number of aliphatic hydroxyl groups is 1. The number of hydrogen-bond donors (Lipinski definition) is 1. The van der Waals surface area contributed by atoms with Crippen molar-refractivity contribution in [3.8, 4) is 0 Å². The third-order valence-electron chi connectivity index (χ3n) is 5.04. The zero-order chi connectivity index (χ0) is 18.7. The number of halogens is 1. The van der Waals surface area contributed by atoms with Gasteiger partial charge in [-0.15, -0.1) is 5.10 Å². The van der Waals surface area contributed by atoms with Crippen molar-refractivity contribution in [2.45, 2.75) is 39.3 Å². The van der Waals surface area contributed by atoms with Crippen molar-refractivity contribution in [3.63, 3.8) is 0 Å². The van der Waals surface area contributed by atoms with Gasteiger partial charge in [0, 0.05) is 18.1 Å². The smallest absolute Gasteiger partial charge is 0.276 e. The molecule has 0 unspecified atom stereocenters. The predicted molar refractivity (Wildman–Crippen MR) is 100 cm³/mol. The minimum absolute atomic E-state index is 0.104. The Kier molecular flexibility index (Phi) is 5.94. The zero-order valence-corrected chi connectivity index (χ0v) is 15.9. The Labute approximate surface area is 158 Å². The lowest BCUT2D eigenvalue weighted by Gasteiger charge is -2.35. The Morgan fingerprint density at radius 2 is 2.00 bits per heavy atom. The first-order valence-electron chi connectivity index (χ1n) is 9.06. The van der Waals surface area contributed by atoms with Crippen LogP contribution in [0.2, 0.25) is 5.02 Å². The summed E-state index contributed by atoms with van der Waals surface area (Å²) in [6, 6.07) is 7.55. The van der Waals surface area contributed by atoms with Gasteiger partial charge < -0.3 is 10.0 Å². The van der Waals surface area contributed by atoms with Gasteiger partial charge in [-0.25, -0.2) is 4.68 Å². The highest BCUT2D eigenvalue weighted by atomic mass is 35.5. The molecule has 0 radical (unpaired) electrons. The number of piperidine rings is 1. The van der Waals surface area contributed by atoms with Crippen LogP contribution in [0.15, 0.2) is 30.5 Å². The van der Waals surface area contributed by atoms with Crippen LogP contribution < -0.4 is 0 Å². The number of rotatable bonds is 5. The Morgan fingerprint density at radius 3 is 2.65 bits per heavy atom. The van der Waals surface area contributed by atoms with E-state index in [0.717, 1.165) is 18.4 Å². The van der Waals surface area contributed by atoms with Crippen LogP contribution in [0, 0.1) is 11.8 Å². The normalized spacial score (nSPS) is 16.9. The Hall–Kier alpha value is -1.92. The Morgan fingerprint density at radius 1 is 1.31 bits per heavy atom. The number of aromatic nitrogens is 3. The summed E-state index contributed by atoms with van der Waals surface area (Å²) < 4.78 is 1.63. The average molecular weight is 377 g/mol. The zero-order valence-electron chi connectivity index (χ0n) is 15.2. The summed E-state index contributed by atoms with van der Waals surface area (Å²) in [5.41, 5.74) is 1.28. The molecule has 1 aromatic carbocycles. The standard InChI is InChI=1S/C19H25ClN4O2/c1-13(2)18(25)14-7-9-23(10-8-14)19(26)17-12-24(22-21-17)11-15-5-3-4-6-16(15)20/h3-6,12-14,18,25H,7-11H2,1-2H3/t18-/m0/s1. The van der Waals surface area contributed by atoms with E-state index in [9.17, 15) is 9.90 Å². The van der Waals surface area contributed by atoms with Crippen LogP contribution in [-0.4, -0.2) is 50.1 Å². The summed E-state index contributed by atoms with van der Waals surface area (Å²) in [5, 5.41) is 19.0. The van der Waals surface area contributed by atoms with E-state index in [4.69, 9.17) is 11.6 Å². The van der Waals surface area contributed by atoms with Gasteiger partial charge in [-0.1, -0.05) is 48.9 Å². The fourth-order valence-corrected chi connectivity index (χ4v) is 3.62. The van der Waals surface area contributed by atoms with Gasteiger partial charge in [-0.2, -0.15) is 0 Å². The van der Waals surface area contributed by atoms with Gasteiger partial charge in [0.2, 0.25) is 0 Å². The highest BCUT2D eigenvalue weighted by Gasteiger charge is 2.30. The second kappa shape index (κ2) is 8.18. The fraction of sp³-hybridized carbons (Fsp3) is 0.526. The predicted octanol–water partition coefficient (Wildman–Crippen LogP) is 2.85. The van der Waals surface area contributed by atoms with E-state index in [0.29, 0.717) is 30.4 Å². The second-order valence-electron chi connectivity index (χ2n) is 7.26. The first kappa shape index (κ1) is 18.9. The van der Waals surface area contributed by atoms with E-state index in [2.05, 4.69) is 10.3 Å². The molecule has 1 atom stereocenters. The summed E-state index contributed by atoms with van der Waals surface area (Å²) >= 11 is 6.17. The van der Waals surface area contributed by atoms with Crippen LogP contribution in [0.5, 0.6) is 0 Å². The number of carbonyl (C=O) groups is 1. The van der Waals surface area contributed by atoms with Crippen molar-refractivity contribution in [1.82, 2.24) is 19.9 Å². The van der Waals surface area contributed by atoms with Crippen LogP contribution in [0.4, 0.5) is 0 Å². The second-order valence-corrected chi connectivity index (χ2v) is 7.66. The number of aliphatic hydroxyl groups excluding tert-OH is 1. The highest BCUT2D eigenvalue weighted by molar-refractivity contribution is 6.31.